The van der Waals surface area contributed by atoms with Crippen LogP contribution in [0.4, 0.5) is 0 Å². The second kappa shape index (κ2) is 12.5. The van der Waals surface area contributed by atoms with Gasteiger partial charge in [-0.1, -0.05) is 52.4 Å². The van der Waals surface area contributed by atoms with Crippen LogP contribution in [0.1, 0.15) is 65.2 Å². The van der Waals surface area contributed by atoms with E-state index < -0.39 is 7.60 Å². The van der Waals surface area contributed by atoms with E-state index in [0.29, 0.717) is 13.2 Å². The summed E-state index contributed by atoms with van der Waals surface area (Å²) in [6.45, 7) is 5.28. The van der Waals surface area contributed by atoms with E-state index in [2.05, 4.69) is 13.8 Å². The Morgan fingerprint density at radius 2 is 1.28 bits per heavy atom. The van der Waals surface area contributed by atoms with Gasteiger partial charge in [-0.05, 0) is 12.8 Å². The molecule has 0 atom stereocenters. The molecule has 0 aromatic rings. The van der Waals surface area contributed by atoms with E-state index in [9.17, 15) is 4.57 Å². The molecule has 0 aliphatic rings. The molecule has 0 aromatic heterocycles. The molecule has 18 heavy (non-hydrogen) atoms. The van der Waals surface area contributed by atoms with Gasteiger partial charge in [0.15, 0.2) is 0 Å². The van der Waals surface area contributed by atoms with E-state index in [1.807, 2.05) is 0 Å². The van der Waals surface area contributed by atoms with Gasteiger partial charge in [0.1, 0.15) is 5.62 Å². The highest BCUT2D eigenvalue weighted by atomic mass is 35.5. The highest BCUT2D eigenvalue weighted by Gasteiger charge is 2.22. The van der Waals surface area contributed by atoms with E-state index in [0.717, 1.165) is 25.7 Å². The van der Waals surface area contributed by atoms with Gasteiger partial charge in [-0.2, -0.15) is 0 Å². The quantitative estimate of drug-likeness (QED) is 0.253. The minimum atomic E-state index is -3.03. The Morgan fingerprint density at radius 3 is 1.61 bits per heavy atom. The molecule has 0 amide bonds. The highest BCUT2D eigenvalue weighted by molar-refractivity contribution is 7.55. The number of rotatable bonds is 13. The molecule has 0 rings (SSSR count). The smallest absolute Gasteiger partial charge is 0.308 e. The Labute approximate surface area is 117 Å². The first-order chi connectivity index (χ1) is 8.68. The van der Waals surface area contributed by atoms with Crippen LogP contribution in [0.5, 0.6) is 0 Å². The second-order valence-electron chi connectivity index (χ2n) is 4.52. The number of hydrogen-bond donors (Lipinski definition) is 0. The van der Waals surface area contributed by atoms with Crippen molar-refractivity contribution >= 4 is 19.2 Å². The van der Waals surface area contributed by atoms with Crippen molar-refractivity contribution in [3.8, 4) is 0 Å². The third kappa shape index (κ3) is 10.4. The highest BCUT2D eigenvalue weighted by Crippen LogP contribution is 2.49. The number of hydrogen-bond acceptors (Lipinski definition) is 3. The molecule has 5 heteroatoms. The maximum atomic E-state index is 12.1. The number of unbranched alkanes of at least 4 members (excludes halogenated alkanes) is 6. The molecule has 0 spiro atoms. The van der Waals surface area contributed by atoms with Gasteiger partial charge < -0.3 is 9.05 Å². The van der Waals surface area contributed by atoms with Gasteiger partial charge in [-0.25, -0.2) is 0 Å². The lowest BCUT2D eigenvalue weighted by Gasteiger charge is -2.16. The van der Waals surface area contributed by atoms with Crippen LogP contribution in [0.3, 0.4) is 0 Å². The fraction of sp³-hybridized carbons (Fsp3) is 1.00. The zero-order valence-corrected chi connectivity index (χ0v) is 13.5. The predicted octanol–water partition coefficient (Wildman–Crippen LogP) is 5.57. The number of alkyl halides is 1. The van der Waals surface area contributed by atoms with Crippen LogP contribution in [0.25, 0.3) is 0 Å². The van der Waals surface area contributed by atoms with E-state index in [1.165, 1.54) is 25.7 Å². The van der Waals surface area contributed by atoms with Gasteiger partial charge in [-0.15, -0.1) is 11.6 Å². The van der Waals surface area contributed by atoms with Crippen molar-refractivity contribution < 1.29 is 13.6 Å². The summed E-state index contributed by atoms with van der Waals surface area (Å²) in [5.74, 6) is 0. The summed E-state index contributed by atoms with van der Waals surface area (Å²) in [6.07, 6.45) is 8.80. The van der Waals surface area contributed by atoms with Crippen molar-refractivity contribution in [1.29, 1.82) is 0 Å². The van der Waals surface area contributed by atoms with Crippen molar-refractivity contribution in [3.63, 3.8) is 0 Å². The Morgan fingerprint density at radius 1 is 0.833 bits per heavy atom. The lowest BCUT2D eigenvalue weighted by Crippen LogP contribution is -2.00. The van der Waals surface area contributed by atoms with Crippen LogP contribution < -0.4 is 0 Å². The van der Waals surface area contributed by atoms with E-state index >= 15 is 0 Å². The van der Waals surface area contributed by atoms with Gasteiger partial charge in [0.25, 0.3) is 0 Å². The molecular weight excluding hydrogens is 271 g/mol. The first-order valence-electron chi connectivity index (χ1n) is 7.12. The van der Waals surface area contributed by atoms with Crippen molar-refractivity contribution in [2.75, 3.05) is 18.8 Å². The molecule has 0 aromatic carbocycles. The average Bonchev–Trinajstić information content (AvgIpc) is 2.38. The zero-order valence-electron chi connectivity index (χ0n) is 11.8. The Hall–Kier alpha value is 0.440. The lowest BCUT2D eigenvalue weighted by molar-refractivity contribution is 0.201. The molecular formula is C13H28ClO3P. The maximum Gasteiger partial charge on any atom is 0.345 e. The van der Waals surface area contributed by atoms with Gasteiger partial charge in [-0.3, -0.25) is 4.57 Å². The van der Waals surface area contributed by atoms with Crippen LogP contribution >= 0.6 is 19.2 Å². The monoisotopic (exact) mass is 298 g/mol. The fourth-order valence-electron chi connectivity index (χ4n) is 1.57. The van der Waals surface area contributed by atoms with Gasteiger partial charge in [0.2, 0.25) is 0 Å². The maximum absolute atomic E-state index is 12.1. The summed E-state index contributed by atoms with van der Waals surface area (Å²) in [7, 11) is -3.03. The summed E-state index contributed by atoms with van der Waals surface area (Å²) in [5, 5.41) is 0. The molecule has 3 nitrogen and oxygen atoms in total. The van der Waals surface area contributed by atoms with Crippen LogP contribution in [-0.2, 0) is 13.6 Å². The molecule has 0 heterocycles. The first-order valence-corrected chi connectivity index (χ1v) is 9.39. The van der Waals surface area contributed by atoms with Crippen LogP contribution in [0, 0.1) is 0 Å². The minimum absolute atomic E-state index is 0.0471. The van der Waals surface area contributed by atoms with Gasteiger partial charge in [0, 0.05) is 0 Å². The third-order valence-corrected chi connectivity index (χ3v) is 5.04. The fourth-order valence-corrected chi connectivity index (χ4v) is 3.01. The SMILES string of the molecule is CCCCCCOP(=O)(CCl)OCCCCCC. The summed E-state index contributed by atoms with van der Waals surface area (Å²) in [5.41, 5.74) is -0.0471. The molecule has 110 valence electrons. The standard InChI is InChI=1S/C13H28ClO3P/c1-3-5-7-9-11-16-18(15,13-14)17-12-10-8-6-4-2/h3-13H2,1-2H3. The lowest BCUT2D eigenvalue weighted by atomic mass is 10.2. The zero-order chi connectivity index (χ0) is 13.7. The van der Waals surface area contributed by atoms with Crippen molar-refractivity contribution in [2.45, 2.75) is 65.2 Å². The molecule has 0 unspecified atom stereocenters. The van der Waals surface area contributed by atoms with Crippen LogP contribution in [-0.4, -0.2) is 18.8 Å². The third-order valence-electron chi connectivity index (χ3n) is 2.72. The molecule has 0 saturated heterocycles. The predicted molar refractivity (Wildman–Crippen MR) is 78.5 cm³/mol. The first kappa shape index (κ1) is 18.4. The summed E-state index contributed by atoms with van der Waals surface area (Å²) < 4.78 is 22.7. The Balaban J connectivity index is 3.64. The Kier molecular flexibility index (Phi) is 12.8. The average molecular weight is 299 g/mol. The van der Waals surface area contributed by atoms with E-state index in [-0.39, 0.29) is 5.62 Å². The van der Waals surface area contributed by atoms with E-state index in [4.69, 9.17) is 20.6 Å². The minimum Gasteiger partial charge on any atom is -0.308 e. The van der Waals surface area contributed by atoms with Crippen molar-refractivity contribution in [2.24, 2.45) is 0 Å². The molecule has 0 radical (unpaired) electrons. The molecule has 0 N–H and O–H groups in total. The summed E-state index contributed by atoms with van der Waals surface area (Å²) in [4.78, 5) is 0. The van der Waals surface area contributed by atoms with Crippen LogP contribution in [0.15, 0.2) is 0 Å². The molecule has 0 fully saturated rings. The van der Waals surface area contributed by atoms with Gasteiger partial charge in [0.05, 0.1) is 13.2 Å². The summed E-state index contributed by atoms with van der Waals surface area (Å²) in [6, 6.07) is 0. The second-order valence-corrected chi connectivity index (χ2v) is 7.21. The molecule has 0 bridgehead atoms. The number of halogens is 1. The Bertz CT molecular complexity index is 206. The molecule has 0 aliphatic heterocycles. The summed E-state index contributed by atoms with van der Waals surface area (Å²) >= 11 is 5.68. The van der Waals surface area contributed by atoms with E-state index in [1.54, 1.807) is 0 Å². The molecule has 0 saturated carbocycles. The van der Waals surface area contributed by atoms with Crippen molar-refractivity contribution in [3.05, 3.63) is 0 Å². The van der Waals surface area contributed by atoms with Crippen LogP contribution in [0.2, 0.25) is 0 Å². The largest absolute Gasteiger partial charge is 0.345 e. The van der Waals surface area contributed by atoms with Gasteiger partial charge >= 0.3 is 7.60 Å². The molecule has 0 aliphatic carbocycles. The van der Waals surface area contributed by atoms with Crippen molar-refractivity contribution in [1.82, 2.24) is 0 Å². The topological polar surface area (TPSA) is 35.5 Å². The normalized spacial score (nSPS) is 11.9.